The van der Waals surface area contributed by atoms with Gasteiger partial charge in [0, 0.05) is 19.7 Å². The topological polar surface area (TPSA) is 32.7 Å². The van der Waals surface area contributed by atoms with Gasteiger partial charge in [-0.2, -0.15) is 0 Å². The highest BCUT2D eigenvalue weighted by molar-refractivity contribution is 5.85. The van der Waals surface area contributed by atoms with Crippen molar-refractivity contribution in [1.82, 2.24) is 4.90 Å². The van der Waals surface area contributed by atoms with Crippen molar-refractivity contribution in [2.75, 3.05) is 39.5 Å². The molecular formula is C14H30ClNO2. The number of rotatable bonds is 10. The highest BCUT2D eigenvalue weighted by Gasteiger charge is 2.08. The van der Waals surface area contributed by atoms with Crippen LogP contribution in [0.2, 0.25) is 0 Å². The SMILES string of the molecule is Cl.OCCCCCCCCCCN1CCOCC1. The lowest BCUT2D eigenvalue weighted by atomic mass is 10.1. The summed E-state index contributed by atoms with van der Waals surface area (Å²) in [4.78, 5) is 2.52. The van der Waals surface area contributed by atoms with Gasteiger partial charge in [0.05, 0.1) is 13.2 Å². The van der Waals surface area contributed by atoms with E-state index >= 15 is 0 Å². The van der Waals surface area contributed by atoms with Crippen LogP contribution in [0.15, 0.2) is 0 Å². The van der Waals surface area contributed by atoms with E-state index in [9.17, 15) is 0 Å². The van der Waals surface area contributed by atoms with Gasteiger partial charge in [0.1, 0.15) is 0 Å². The number of aliphatic hydroxyl groups excluding tert-OH is 1. The van der Waals surface area contributed by atoms with Gasteiger partial charge in [-0.15, -0.1) is 12.4 Å². The Morgan fingerprint density at radius 3 is 1.83 bits per heavy atom. The van der Waals surface area contributed by atoms with E-state index < -0.39 is 0 Å². The zero-order valence-electron chi connectivity index (χ0n) is 11.6. The lowest BCUT2D eigenvalue weighted by molar-refractivity contribution is 0.0371. The van der Waals surface area contributed by atoms with Crippen LogP contribution >= 0.6 is 12.4 Å². The largest absolute Gasteiger partial charge is 0.396 e. The third-order valence-electron chi connectivity index (χ3n) is 3.49. The summed E-state index contributed by atoms with van der Waals surface area (Å²) in [6.45, 7) is 5.71. The summed E-state index contributed by atoms with van der Waals surface area (Å²) >= 11 is 0. The van der Waals surface area contributed by atoms with Crippen LogP contribution in [0, 0.1) is 0 Å². The zero-order chi connectivity index (χ0) is 12.2. The normalized spacial score (nSPS) is 16.5. The molecule has 0 spiro atoms. The molecule has 1 rings (SSSR count). The van der Waals surface area contributed by atoms with Crippen LogP contribution in [-0.2, 0) is 4.74 Å². The van der Waals surface area contributed by atoms with E-state index in [0.29, 0.717) is 6.61 Å². The smallest absolute Gasteiger partial charge is 0.0594 e. The second-order valence-corrected chi connectivity index (χ2v) is 5.01. The molecule has 1 heterocycles. The second kappa shape index (κ2) is 13.6. The monoisotopic (exact) mass is 279 g/mol. The van der Waals surface area contributed by atoms with E-state index in [0.717, 1.165) is 32.7 Å². The standard InChI is InChI=1S/C14H29NO2.ClH/c16-12-8-6-4-2-1-3-5-7-9-15-10-13-17-14-11-15;/h16H,1-14H2;1H. The maximum absolute atomic E-state index is 8.65. The molecule has 0 radical (unpaired) electrons. The van der Waals surface area contributed by atoms with Gasteiger partial charge in [-0.3, -0.25) is 4.90 Å². The van der Waals surface area contributed by atoms with Gasteiger partial charge < -0.3 is 9.84 Å². The van der Waals surface area contributed by atoms with Crippen LogP contribution in [-0.4, -0.2) is 49.5 Å². The van der Waals surface area contributed by atoms with Crippen molar-refractivity contribution in [3.8, 4) is 0 Å². The van der Waals surface area contributed by atoms with Crippen molar-refractivity contribution < 1.29 is 9.84 Å². The van der Waals surface area contributed by atoms with Crippen LogP contribution in [0.4, 0.5) is 0 Å². The highest BCUT2D eigenvalue weighted by Crippen LogP contribution is 2.09. The summed E-state index contributed by atoms with van der Waals surface area (Å²) in [5.41, 5.74) is 0. The molecule has 1 saturated heterocycles. The number of aliphatic hydroxyl groups is 1. The molecule has 1 aliphatic heterocycles. The molecule has 0 aromatic carbocycles. The quantitative estimate of drug-likeness (QED) is 0.624. The van der Waals surface area contributed by atoms with E-state index in [1.165, 1.54) is 51.5 Å². The fourth-order valence-electron chi connectivity index (χ4n) is 2.33. The number of morpholine rings is 1. The third kappa shape index (κ3) is 10.1. The minimum Gasteiger partial charge on any atom is -0.396 e. The molecule has 0 amide bonds. The minimum absolute atomic E-state index is 0. The lowest BCUT2D eigenvalue weighted by Crippen LogP contribution is -2.36. The van der Waals surface area contributed by atoms with Crippen molar-refractivity contribution >= 4 is 12.4 Å². The summed E-state index contributed by atoms with van der Waals surface area (Å²) in [6, 6.07) is 0. The van der Waals surface area contributed by atoms with Crippen molar-refractivity contribution in [1.29, 1.82) is 0 Å². The zero-order valence-corrected chi connectivity index (χ0v) is 12.4. The van der Waals surface area contributed by atoms with Gasteiger partial charge >= 0.3 is 0 Å². The number of ether oxygens (including phenoxy) is 1. The first-order chi connectivity index (χ1) is 8.43. The number of halogens is 1. The Hall–Kier alpha value is 0.170. The Kier molecular flexibility index (Phi) is 13.7. The molecule has 110 valence electrons. The number of hydrogen-bond acceptors (Lipinski definition) is 3. The summed E-state index contributed by atoms with van der Waals surface area (Å²) in [6.07, 6.45) is 10.3. The predicted molar refractivity (Wildman–Crippen MR) is 78.5 cm³/mol. The average Bonchev–Trinajstić information content (AvgIpc) is 2.38. The van der Waals surface area contributed by atoms with E-state index in [2.05, 4.69) is 4.90 Å². The molecule has 1 aliphatic rings. The summed E-state index contributed by atoms with van der Waals surface area (Å²) in [7, 11) is 0. The maximum Gasteiger partial charge on any atom is 0.0594 e. The third-order valence-corrected chi connectivity index (χ3v) is 3.49. The van der Waals surface area contributed by atoms with Gasteiger partial charge in [0.2, 0.25) is 0 Å². The molecule has 0 aromatic rings. The molecular weight excluding hydrogens is 250 g/mol. The summed E-state index contributed by atoms with van der Waals surface area (Å²) < 4.78 is 5.33. The first-order valence-corrected chi connectivity index (χ1v) is 7.34. The van der Waals surface area contributed by atoms with Crippen LogP contribution in [0.25, 0.3) is 0 Å². The van der Waals surface area contributed by atoms with Gasteiger partial charge in [-0.05, 0) is 19.4 Å². The molecule has 0 aromatic heterocycles. The fourth-order valence-corrected chi connectivity index (χ4v) is 2.33. The van der Waals surface area contributed by atoms with E-state index in [1.54, 1.807) is 0 Å². The predicted octanol–water partition coefficient (Wildman–Crippen LogP) is 2.85. The fraction of sp³-hybridized carbons (Fsp3) is 1.00. The Morgan fingerprint density at radius 1 is 0.778 bits per heavy atom. The van der Waals surface area contributed by atoms with Crippen LogP contribution in [0.5, 0.6) is 0 Å². The molecule has 1 fully saturated rings. The Bertz CT molecular complexity index is 164. The Labute approximate surface area is 118 Å². The molecule has 0 saturated carbocycles. The number of hydrogen-bond donors (Lipinski definition) is 1. The van der Waals surface area contributed by atoms with E-state index in [4.69, 9.17) is 9.84 Å². The van der Waals surface area contributed by atoms with Gasteiger partial charge in [-0.25, -0.2) is 0 Å². The van der Waals surface area contributed by atoms with Gasteiger partial charge in [-0.1, -0.05) is 38.5 Å². The summed E-state index contributed by atoms with van der Waals surface area (Å²) in [5.74, 6) is 0. The van der Waals surface area contributed by atoms with Crippen molar-refractivity contribution in [3.05, 3.63) is 0 Å². The maximum atomic E-state index is 8.65. The first kappa shape index (κ1) is 18.2. The molecule has 0 unspecified atom stereocenters. The first-order valence-electron chi connectivity index (χ1n) is 7.34. The lowest BCUT2D eigenvalue weighted by Gasteiger charge is -2.26. The van der Waals surface area contributed by atoms with Crippen molar-refractivity contribution in [3.63, 3.8) is 0 Å². The molecule has 0 aliphatic carbocycles. The summed E-state index contributed by atoms with van der Waals surface area (Å²) in [5, 5.41) is 8.65. The molecule has 1 N–H and O–H groups in total. The molecule has 0 atom stereocenters. The average molecular weight is 280 g/mol. The van der Waals surface area contributed by atoms with Crippen LogP contribution in [0.3, 0.4) is 0 Å². The van der Waals surface area contributed by atoms with E-state index in [-0.39, 0.29) is 12.4 Å². The molecule has 0 bridgehead atoms. The van der Waals surface area contributed by atoms with E-state index in [1.807, 2.05) is 0 Å². The molecule has 3 nitrogen and oxygen atoms in total. The highest BCUT2D eigenvalue weighted by atomic mass is 35.5. The Morgan fingerprint density at radius 2 is 1.28 bits per heavy atom. The number of unbranched alkanes of at least 4 members (excludes halogenated alkanes) is 7. The second-order valence-electron chi connectivity index (χ2n) is 5.01. The Balaban J connectivity index is 0.00000289. The van der Waals surface area contributed by atoms with Crippen LogP contribution < -0.4 is 0 Å². The minimum atomic E-state index is 0. The van der Waals surface area contributed by atoms with Crippen molar-refractivity contribution in [2.24, 2.45) is 0 Å². The van der Waals surface area contributed by atoms with Crippen molar-refractivity contribution in [2.45, 2.75) is 51.4 Å². The molecule has 18 heavy (non-hydrogen) atoms. The molecule has 4 heteroatoms. The number of nitrogens with zero attached hydrogens (tertiary/aromatic N) is 1. The van der Waals surface area contributed by atoms with Gasteiger partial charge in [0.15, 0.2) is 0 Å². The van der Waals surface area contributed by atoms with Crippen LogP contribution in [0.1, 0.15) is 51.4 Å². The van der Waals surface area contributed by atoms with Gasteiger partial charge in [0.25, 0.3) is 0 Å².